The van der Waals surface area contributed by atoms with Crippen molar-refractivity contribution in [2.24, 2.45) is 5.41 Å². The lowest BCUT2D eigenvalue weighted by atomic mass is 9.67. The summed E-state index contributed by atoms with van der Waals surface area (Å²) in [6.45, 7) is 2.98. The highest BCUT2D eigenvalue weighted by Gasteiger charge is 2.76. The van der Waals surface area contributed by atoms with E-state index in [9.17, 15) is 24.6 Å². The van der Waals surface area contributed by atoms with Crippen LogP contribution in [0.15, 0.2) is 65.1 Å². The molecule has 0 aromatic heterocycles. The van der Waals surface area contributed by atoms with Crippen LogP contribution in [-0.4, -0.2) is 40.4 Å². The predicted molar refractivity (Wildman–Crippen MR) is 95.5 cm³/mol. The zero-order valence-corrected chi connectivity index (χ0v) is 15.1. The van der Waals surface area contributed by atoms with Crippen molar-refractivity contribution in [3.05, 3.63) is 65.1 Å². The molecule has 28 heavy (non-hydrogen) atoms. The summed E-state index contributed by atoms with van der Waals surface area (Å²) < 4.78 is 10.5. The van der Waals surface area contributed by atoms with E-state index in [4.69, 9.17) is 9.47 Å². The van der Waals surface area contributed by atoms with Gasteiger partial charge < -0.3 is 19.7 Å². The van der Waals surface area contributed by atoms with Crippen LogP contribution in [0.3, 0.4) is 0 Å². The number of benzene rings is 1. The number of amides is 2. The molecule has 1 fully saturated rings. The smallest absolute Gasteiger partial charge is 0.339 e. The van der Waals surface area contributed by atoms with Gasteiger partial charge in [0, 0.05) is 0 Å². The van der Waals surface area contributed by atoms with Crippen molar-refractivity contribution in [2.75, 3.05) is 11.5 Å². The molecule has 2 atom stereocenters. The fraction of sp³-hybridized carbons (Fsp3) is 0.250. The Balaban J connectivity index is 2.02. The van der Waals surface area contributed by atoms with Crippen molar-refractivity contribution < 1.29 is 34.1 Å². The molecule has 1 saturated heterocycles. The van der Waals surface area contributed by atoms with Gasteiger partial charge in [0.15, 0.2) is 5.41 Å². The number of aliphatic hydroxyl groups excluding tert-OH is 1. The molecular weight excluding hydrogens is 366 g/mol. The number of hydrogen-bond donors (Lipinski definition) is 2. The SMILES string of the molecule is CCOC(=O)C1=C(C)OC2(O)C=CC(O)=C3C(=O)N(c4ccccc4)C(=O)C312. The molecule has 2 amide bonds. The number of para-hydroxylation sites is 1. The minimum absolute atomic E-state index is 0.00945. The fourth-order valence-corrected chi connectivity index (χ4v) is 4.06. The Morgan fingerprint density at radius 1 is 1.25 bits per heavy atom. The molecule has 3 aliphatic rings. The molecule has 2 heterocycles. The fourth-order valence-electron chi connectivity index (χ4n) is 4.06. The Morgan fingerprint density at radius 3 is 2.57 bits per heavy atom. The molecule has 1 aliphatic carbocycles. The van der Waals surface area contributed by atoms with Crippen LogP contribution < -0.4 is 4.90 Å². The van der Waals surface area contributed by atoms with E-state index in [-0.39, 0.29) is 23.6 Å². The number of nitrogens with zero attached hydrogens (tertiary/aromatic N) is 1. The Bertz CT molecular complexity index is 1010. The summed E-state index contributed by atoms with van der Waals surface area (Å²) in [5.41, 5.74) is -2.75. The number of allylic oxidation sites excluding steroid dienone is 2. The van der Waals surface area contributed by atoms with Crippen molar-refractivity contribution in [1.29, 1.82) is 0 Å². The zero-order valence-electron chi connectivity index (χ0n) is 15.1. The van der Waals surface area contributed by atoms with Crippen LogP contribution in [-0.2, 0) is 23.9 Å². The van der Waals surface area contributed by atoms with Crippen molar-refractivity contribution in [2.45, 2.75) is 19.6 Å². The molecule has 144 valence electrons. The van der Waals surface area contributed by atoms with Gasteiger partial charge in [0.1, 0.15) is 17.1 Å². The number of carbonyl (C=O) groups is 3. The molecular formula is C20H17NO7. The lowest BCUT2D eigenvalue weighted by molar-refractivity contribution is -0.180. The molecule has 8 heteroatoms. The van der Waals surface area contributed by atoms with Crippen molar-refractivity contribution in [3.8, 4) is 0 Å². The van der Waals surface area contributed by atoms with Gasteiger partial charge in [-0.05, 0) is 38.1 Å². The first-order chi connectivity index (χ1) is 13.3. The highest BCUT2D eigenvalue weighted by Crippen LogP contribution is 2.61. The molecule has 0 radical (unpaired) electrons. The van der Waals surface area contributed by atoms with Crippen LogP contribution in [0.1, 0.15) is 13.8 Å². The predicted octanol–water partition coefficient (Wildman–Crippen LogP) is 1.48. The Hall–Kier alpha value is -3.39. The maximum Gasteiger partial charge on any atom is 0.339 e. The number of hydrogen-bond acceptors (Lipinski definition) is 7. The van der Waals surface area contributed by atoms with Gasteiger partial charge in [-0.15, -0.1) is 0 Å². The molecule has 1 aromatic rings. The van der Waals surface area contributed by atoms with Crippen molar-refractivity contribution in [1.82, 2.24) is 0 Å². The Kier molecular flexibility index (Phi) is 3.73. The van der Waals surface area contributed by atoms with Crippen LogP contribution in [0.25, 0.3) is 0 Å². The second kappa shape index (κ2) is 5.80. The standard InChI is InChI=1S/C20H17NO7/c1-3-27-17(24)14-11(2)28-19(26)10-9-13(22)15-16(23)21(18(25)20(14,15)19)12-7-5-4-6-8-12/h4-10,22,26H,3H2,1-2H3. The summed E-state index contributed by atoms with van der Waals surface area (Å²) >= 11 is 0. The second-order valence-electron chi connectivity index (χ2n) is 6.57. The van der Waals surface area contributed by atoms with E-state index in [2.05, 4.69) is 0 Å². The van der Waals surface area contributed by atoms with E-state index in [1.807, 2.05) is 0 Å². The molecule has 8 nitrogen and oxygen atoms in total. The molecule has 4 rings (SSSR count). The summed E-state index contributed by atoms with van der Waals surface area (Å²) in [6.07, 6.45) is 2.13. The zero-order chi connectivity index (χ0) is 20.3. The van der Waals surface area contributed by atoms with Crippen molar-refractivity contribution >= 4 is 23.5 Å². The first-order valence-electron chi connectivity index (χ1n) is 8.66. The number of esters is 1. The van der Waals surface area contributed by atoms with Gasteiger partial charge in [-0.3, -0.25) is 9.59 Å². The summed E-state index contributed by atoms with van der Waals surface area (Å²) in [5.74, 6) is -5.60. The van der Waals surface area contributed by atoms with E-state index in [0.717, 1.165) is 17.1 Å². The lowest BCUT2D eigenvalue weighted by Crippen LogP contribution is -2.54. The average molecular weight is 383 g/mol. The van der Waals surface area contributed by atoms with Gasteiger partial charge in [0.05, 0.1) is 17.9 Å². The minimum Gasteiger partial charge on any atom is -0.507 e. The molecule has 1 aromatic carbocycles. The molecule has 0 bridgehead atoms. The molecule has 1 spiro atoms. The second-order valence-corrected chi connectivity index (χ2v) is 6.57. The largest absolute Gasteiger partial charge is 0.507 e. The Labute approximate surface area is 160 Å². The number of ether oxygens (including phenoxy) is 2. The van der Waals surface area contributed by atoms with Crippen LogP contribution in [0, 0.1) is 5.41 Å². The third kappa shape index (κ3) is 1.95. The van der Waals surface area contributed by atoms with E-state index in [1.165, 1.54) is 19.1 Å². The van der Waals surface area contributed by atoms with Crippen molar-refractivity contribution in [3.63, 3.8) is 0 Å². The maximum atomic E-state index is 13.6. The maximum absolute atomic E-state index is 13.6. The summed E-state index contributed by atoms with van der Waals surface area (Å²) in [7, 11) is 0. The first-order valence-corrected chi connectivity index (χ1v) is 8.66. The van der Waals surface area contributed by atoms with Crippen LogP contribution in [0.4, 0.5) is 5.69 Å². The summed E-state index contributed by atoms with van der Waals surface area (Å²) in [5, 5.41) is 21.7. The van der Waals surface area contributed by atoms with E-state index in [1.54, 1.807) is 25.1 Å². The molecule has 0 saturated carbocycles. The lowest BCUT2D eigenvalue weighted by Gasteiger charge is -2.37. The van der Waals surface area contributed by atoms with Gasteiger partial charge in [-0.25, -0.2) is 9.69 Å². The third-order valence-corrected chi connectivity index (χ3v) is 5.11. The molecule has 2 unspecified atom stereocenters. The topological polar surface area (TPSA) is 113 Å². The van der Waals surface area contributed by atoms with Crippen LogP contribution in [0.5, 0.6) is 0 Å². The number of anilines is 1. The van der Waals surface area contributed by atoms with Gasteiger partial charge in [0.2, 0.25) is 0 Å². The highest BCUT2D eigenvalue weighted by molar-refractivity contribution is 6.34. The Morgan fingerprint density at radius 2 is 1.93 bits per heavy atom. The normalized spacial score (nSPS) is 28.5. The molecule has 2 aliphatic heterocycles. The van der Waals surface area contributed by atoms with E-state index in [0.29, 0.717) is 0 Å². The third-order valence-electron chi connectivity index (χ3n) is 5.11. The summed E-state index contributed by atoms with van der Waals surface area (Å²) in [4.78, 5) is 40.3. The molecule has 2 N–H and O–H groups in total. The number of rotatable bonds is 3. The van der Waals surface area contributed by atoms with Gasteiger partial charge >= 0.3 is 5.97 Å². The van der Waals surface area contributed by atoms with E-state index >= 15 is 0 Å². The first kappa shape index (κ1) is 18.0. The average Bonchev–Trinajstić information content (AvgIpc) is 3.04. The summed E-state index contributed by atoms with van der Waals surface area (Å²) in [6, 6.07) is 8.04. The minimum atomic E-state index is -2.35. The van der Waals surface area contributed by atoms with E-state index < -0.39 is 40.3 Å². The number of aliphatic hydroxyl groups is 2. The number of carbonyl (C=O) groups excluding carboxylic acids is 3. The van der Waals surface area contributed by atoms with Gasteiger partial charge in [-0.1, -0.05) is 18.2 Å². The van der Waals surface area contributed by atoms with Crippen LogP contribution >= 0.6 is 0 Å². The quantitative estimate of drug-likeness (QED) is 0.600. The van der Waals surface area contributed by atoms with Crippen LogP contribution in [0.2, 0.25) is 0 Å². The number of imide groups is 1. The highest BCUT2D eigenvalue weighted by atomic mass is 16.6. The monoisotopic (exact) mass is 383 g/mol. The van der Waals surface area contributed by atoms with Gasteiger partial charge in [-0.2, -0.15) is 0 Å². The van der Waals surface area contributed by atoms with Gasteiger partial charge in [0.25, 0.3) is 17.6 Å².